The zero-order valence-electron chi connectivity index (χ0n) is 12.1. The van der Waals surface area contributed by atoms with E-state index in [-0.39, 0.29) is 0 Å². The van der Waals surface area contributed by atoms with Crippen LogP contribution in [0.5, 0.6) is 0 Å². The summed E-state index contributed by atoms with van der Waals surface area (Å²) in [5, 5.41) is 23.6. The molecular formula is C18H12BNO2S. The van der Waals surface area contributed by atoms with Crippen LogP contribution in [0.15, 0.2) is 54.6 Å². The van der Waals surface area contributed by atoms with Gasteiger partial charge in [-0.15, -0.1) is 11.3 Å². The smallest absolute Gasteiger partial charge is 0.423 e. The van der Waals surface area contributed by atoms with Crippen molar-refractivity contribution < 1.29 is 10.0 Å². The molecule has 0 fully saturated rings. The summed E-state index contributed by atoms with van der Waals surface area (Å²) in [4.78, 5) is 3.42. The highest BCUT2D eigenvalue weighted by Crippen LogP contribution is 2.40. The van der Waals surface area contributed by atoms with Crippen LogP contribution >= 0.6 is 11.3 Å². The van der Waals surface area contributed by atoms with E-state index in [4.69, 9.17) is 0 Å². The van der Waals surface area contributed by atoms with E-state index in [2.05, 4.69) is 41.4 Å². The zero-order valence-corrected chi connectivity index (χ0v) is 12.9. The maximum atomic E-state index is 9.47. The van der Waals surface area contributed by atoms with Crippen molar-refractivity contribution >= 4 is 65.9 Å². The first-order valence-electron chi connectivity index (χ1n) is 7.44. The molecule has 5 rings (SSSR count). The lowest BCUT2D eigenvalue weighted by atomic mass is 9.80. The molecule has 3 aromatic carbocycles. The van der Waals surface area contributed by atoms with Crippen molar-refractivity contribution in [2.45, 2.75) is 0 Å². The molecule has 2 aromatic heterocycles. The molecule has 110 valence electrons. The molecule has 0 amide bonds. The van der Waals surface area contributed by atoms with Gasteiger partial charge in [-0.1, -0.05) is 36.4 Å². The predicted molar refractivity (Wildman–Crippen MR) is 98.5 cm³/mol. The van der Waals surface area contributed by atoms with E-state index in [1.165, 1.54) is 20.2 Å². The Hall–Kier alpha value is -2.34. The van der Waals surface area contributed by atoms with Gasteiger partial charge in [0.1, 0.15) is 0 Å². The van der Waals surface area contributed by atoms with Crippen molar-refractivity contribution in [3.05, 3.63) is 54.6 Å². The molecule has 0 aliphatic heterocycles. The minimum absolute atomic E-state index is 0.511. The average Bonchev–Trinajstić information content (AvgIpc) is 3.11. The molecule has 3 N–H and O–H groups in total. The van der Waals surface area contributed by atoms with Crippen molar-refractivity contribution in [3.63, 3.8) is 0 Å². The average molecular weight is 317 g/mol. The molecule has 5 heteroatoms. The highest BCUT2D eigenvalue weighted by atomic mass is 32.1. The van der Waals surface area contributed by atoms with Gasteiger partial charge in [-0.2, -0.15) is 0 Å². The van der Waals surface area contributed by atoms with Crippen molar-refractivity contribution in [1.82, 2.24) is 4.98 Å². The van der Waals surface area contributed by atoms with Gasteiger partial charge in [0.05, 0.1) is 0 Å². The van der Waals surface area contributed by atoms with Crippen LogP contribution in [-0.2, 0) is 0 Å². The lowest BCUT2D eigenvalue weighted by molar-refractivity contribution is 0.426. The van der Waals surface area contributed by atoms with E-state index in [0.717, 1.165) is 21.8 Å². The van der Waals surface area contributed by atoms with Crippen LogP contribution in [0.25, 0.3) is 42.0 Å². The second-order valence-corrected chi connectivity index (χ2v) is 6.82. The van der Waals surface area contributed by atoms with Crippen molar-refractivity contribution in [2.75, 3.05) is 0 Å². The van der Waals surface area contributed by atoms with E-state index >= 15 is 0 Å². The van der Waals surface area contributed by atoms with Gasteiger partial charge >= 0.3 is 7.12 Å². The minimum Gasteiger partial charge on any atom is -0.423 e. The number of thiophene rings is 1. The minimum atomic E-state index is -1.45. The maximum absolute atomic E-state index is 9.47. The lowest BCUT2D eigenvalue weighted by Crippen LogP contribution is -2.29. The number of hydrogen-bond acceptors (Lipinski definition) is 3. The van der Waals surface area contributed by atoms with Crippen LogP contribution in [0.1, 0.15) is 0 Å². The van der Waals surface area contributed by atoms with Crippen LogP contribution in [0.4, 0.5) is 0 Å². The first kappa shape index (κ1) is 13.1. The Bertz CT molecular complexity index is 1210. The zero-order chi connectivity index (χ0) is 15.6. The Labute approximate surface area is 135 Å². The first-order valence-corrected chi connectivity index (χ1v) is 8.26. The standard InChI is InChI=1S/C18H12BNO2S/c21-19(22)10-5-7-14-13(9-10)17-15(20-14)8-6-12-11-3-1-2-4-16(11)23-18(12)17/h1-9,20-22H. The molecule has 0 aliphatic rings. The van der Waals surface area contributed by atoms with E-state index < -0.39 is 7.12 Å². The van der Waals surface area contributed by atoms with Crippen LogP contribution in [-0.4, -0.2) is 22.2 Å². The van der Waals surface area contributed by atoms with Crippen molar-refractivity contribution in [3.8, 4) is 0 Å². The summed E-state index contributed by atoms with van der Waals surface area (Å²) < 4.78 is 2.50. The number of fused-ring (bicyclic) bond motifs is 7. The van der Waals surface area contributed by atoms with Gasteiger partial charge in [0.15, 0.2) is 0 Å². The van der Waals surface area contributed by atoms with Crippen LogP contribution in [0, 0.1) is 0 Å². The number of aromatic amines is 1. The monoisotopic (exact) mass is 317 g/mol. The Morgan fingerprint density at radius 3 is 2.52 bits per heavy atom. The molecule has 0 radical (unpaired) electrons. The van der Waals surface area contributed by atoms with Gasteiger partial charge in [0, 0.05) is 42.0 Å². The first-order chi connectivity index (χ1) is 11.2. The highest BCUT2D eigenvalue weighted by molar-refractivity contribution is 7.26. The number of H-pyrrole nitrogens is 1. The fourth-order valence-electron chi connectivity index (χ4n) is 3.34. The van der Waals surface area contributed by atoms with Gasteiger partial charge in [0.25, 0.3) is 0 Å². The van der Waals surface area contributed by atoms with E-state index in [9.17, 15) is 10.0 Å². The maximum Gasteiger partial charge on any atom is 0.488 e. The van der Waals surface area contributed by atoms with E-state index in [1.807, 2.05) is 12.1 Å². The second-order valence-electron chi connectivity index (χ2n) is 5.77. The molecule has 23 heavy (non-hydrogen) atoms. The Morgan fingerprint density at radius 1 is 0.826 bits per heavy atom. The van der Waals surface area contributed by atoms with Crippen molar-refractivity contribution in [1.29, 1.82) is 0 Å². The number of rotatable bonds is 1. The van der Waals surface area contributed by atoms with Gasteiger partial charge in [-0.25, -0.2) is 0 Å². The van der Waals surface area contributed by atoms with Gasteiger partial charge in [-0.05, 0) is 23.7 Å². The predicted octanol–water partition coefficient (Wildman–Crippen LogP) is 3.37. The summed E-state index contributed by atoms with van der Waals surface area (Å²) >= 11 is 1.78. The van der Waals surface area contributed by atoms with E-state index in [1.54, 1.807) is 17.4 Å². The molecule has 5 aromatic rings. The summed E-state index contributed by atoms with van der Waals surface area (Å²) in [5.41, 5.74) is 2.59. The molecular weight excluding hydrogens is 305 g/mol. The summed E-state index contributed by atoms with van der Waals surface area (Å²) in [7, 11) is -1.45. The molecule has 0 aliphatic carbocycles. The molecule has 0 bridgehead atoms. The van der Waals surface area contributed by atoms with Gasteiger partial charge in [-0.3, -0.25) is 0 Å². The number of nitrogens with one attached hydrogen (secondary N) is 1. The topological polar surface area (TPSA) is 56.2 Å². The Morgan fingerprint density at radius 2 is 1.65 bits per heavy atom. The normalized spacial score (nSPS) is 11.9. The van der Waals surface area contributed by atoms with Crippen LogP contribution in [0.3, 0.4) is 0 Å². The lowest BCUT2D eigenvalue weighted by Gasteiger charge is -1.99. The molecule has 0 saturated heterocycles. The number of hydrogen-bond donors (Lipinski definition) is 3. The third kappa shape index (κ3) is 1.78. The highest BCUT2D eigenvalue weighted by Gasteiger charge is 2.16. The van der Waals surface area contributed by atoms with Crippen LogP contribution in [0.2, 0.25) is 0 Å². The summed E-state index contributed by atoms with van der Waals surface area (Å²) in [6.07, 6.45) is 0. The Balaban J connectivity index is 2.01. The van der Waals surface area contributed by atoms with E-state index in [0.29, 0.717) is 5.46 Å². The van der Waals surface area contributed by atoms with Crippen LogP contribution < -0.4 is 5.46 Å². The quantitative estimate of drug-likeness (QED) is 0.415. The molecule has 0 saturated carbocycles. The van der Waals surface area contributed by atoms with Gasteiger partial charge < -0.3 is 15.0 Å². The fraction of sp³-hybridized carbons (Fsp3) is 0. The van der Waals surface area contributed by atoms with Gasteiger partial charge in [0.2, 0.25) is 0 Å². The second kappa shape index (κ2) is 4.58. The van der Waals surface area contributed by atoms with Crippen molar-refractivity contribution in [2.24, 2.45) is 0 Å². The Kier molecular flexibility index (Phi) is 2.62. The molecule has 2 heterocycles. The summed E-state index contributed by atoms with van der Waals surface area (Å²) in [6, 6.07) is 18.2. The largest absolute Gasteiger partial charge is 0.488 e. The number of aromatic nitrogens is 1. The molecule has 0 unspecified atom stereocenters. The third-order valence-electron chi connectivity index (χ3n) is 4.43. The molecule has 3 nitrogen and oxygen atoms in total. The fourth-order valence-corrected chi connectivity index (χ4v) is 4.61. The summed E-state index contributed by atoms with van der Waals surface area (Å²) in [6.45, 7) is 0. The molecule has 0 spiro atoms. The number of benzene rings is 3. The molecule has 0 atom stereocenters. The SMILES string of the molecule is OB(O)c1ccc2[nH]c3ccc4c5ccccc5sc4c3c2c1. The summed E-state index contributed by atoms with van der Waals surface area (Å²) in [5.74, 6) is 0. The third-order valence-corrected chi connectivity index (χ3v) is 5.63.